The molecule has 3 aromatic carbocycles. The summed E-state index contributed by atoms with van der Waals surface area (Å²) in [7, 11) is -1.11. The Kier molecular flexibility index (Phi) is 7.08. The fourth-order valence-corrected chi connectivity index (χ4v) is 3.82. The third-order valence-corrected chi connectivity index (χ3v) is 5.76. The van der Waals surface area contributed by atoms with E-state index in [-0.39, 0.29) is 16.7 Å². The lowest BCUT2D eigenvalue weighted by atomic mass is 9.98. The molecule has 3 aromatic rings. The highest BCUT2D eigenvalue weighted by atomic mass is 32.2. The van der Waals surface area contributed by atoms with Gasteiger partial charge in [-0.3, -0.25) is 9.35 Å². The highest BCUT2D eigenvalue weighted by Crippen LogP contribution is 2.36. The summed E-state index contributed by atoms with van der Waals surface area (Å²) in [4.78, 5) is 13.5. The average molecular weight is 491 g/mol. The number of nitrogens with zero attached hydrogens (tertiary/aromatic N) is 2. The van der Waals surface area contributed by atoms with E-state index < -0.39 is 32.7 Å². The van der Waals surface area contributed by atoms with Crippen molar-refractivity contribution < 1.29 is 30.9 Å². The molecule has 3 rings (SSSR count). The van der Waals surface area contributed by atoms with Crippen molar-refractivity contribution in [1.82, 2.24) is 5.43 Å². The van der Waals surface area contributed by atoms with Gasteiger partial charge in [0, 0.05) is 36.5 Å². The Hall–Kier alpha value is -3.70. The van der Waals surface area contributed by atoms with Crippen LogP contribution in [0.4, 0.5) is 18.9 Å². The smallest absolute Gasteiger partial charge is 0.378 e. The van der Waals surface area contributed by atoms with Crippen LogP contribution in [-0.2, 0) is 16.3 Å². The minimum atomic E-state index is -4.83. The van der Waals surface area contributed by atoms with Gasteiger partial charge in [-0.25, -0.2) is 5.43 Å². The third-order valence-electron chi connectivity index (χ3n) is 4.85. The molecule has 11 heteroatoms. The summed E-state index contributed by atoms with van der Waals surface area (Å²) in [5, 5.41) is 3.86. The van der Waals surface area contributed by atoms with Crippen LogP contribution in [0.25, 0.3) is 11.1 Å². The molecule has 178 valence electrons. The van der Waals surface area contributed by atoms with Gasteiger partial charge in [0.05, 0.1) is 11.8 Å². The summed E-state index contributed by atoms with van der Waals surface area (Å²) in [5.41, 5.74) is 2.39. The van der Waals surface area contributed by atoms with Crippen molar-refractivity contribution in [3.63, 3.8) is 0 Å². The predicted molar refractivity (Wildman–Crippen MR) is 123 cm³/mol. The van der Waals surface area contributed by atoms with E-state index in [9.17, 15) is 30.9 Å². The van der Waals surface area contributed by atoms with Crippen LogP contribution in [-0.4, -0.2) is 39.2 Å². The summed E-state index contributed by atoms with van der Waals surface area (Å²) < 4.78 is 72.9. The van der Waals surface area contributed by atoms with Crippen molar-refractivity contribution in [2.24, 2.45) is 5.10 Å². The van der Waals surface area contributed by atoms with E-state index in [1.54, 1.807) is 30.3 Å². The van der Waals surface area contributed by atoms with Gasteiger partial charge in [0.15, 0.2) is 0 Å². The van der Waals surface area contributed by atoms with Crippen LogP contribution in [0.1, 0.15) is 21.5 Å². The van der Waals surface area contributed by atoms with E-state index in [1.807, 2.05) is 19.0 Å². The molecule has 0 saturated carbocycles. The lowest BCUT2D eigenvalue weighted by Crippen LogP contribution is -2.18. The molecule has 0 heterocycles. The quantitative estimate of drug-likeness (QED) is 0.302. The number of anilines is 1. The number of carbonyl (C=O) groups is 1. The lowest BCUT2D eigenvalue weighted by Gasteiger charge is -2.14. The number of carbonyl (C=O) groups excluding carboxylic acids is 1. The van der Waals surface area contributed by atoms with Gasteiger partial charge in [0.2, 0.25) is 0 Å². The fourth-order valence-electron chi connectivity index (χ4n) is 3.13. The standard InChI is InChI=1S/C23H20F3N3O4S/c1-29(2)18-10-7-15(8-11-18)22(30)28-27-14-16-5-3-4-6-19(16)20-13-17(23(24,25)26)9-12-21(20)34(31,32)33/h3-14H,1-2H3,(H,28,30)(H,31,32,33)/b27-14+. The molecule has 0 aliphatic rings. The van der Waals surface area contributed by atoms with Gasteiger partial charge < -0.3 is 4.90 Å². The first-order chi connectivity index (χ1) is 15.9. The van der Waals surface area contributed by atoms with Crippen molar-refractivity contribution in [3.05, 3.63) is 83.4 Å². The Morgan fingerprint density at radius 3 is 2.24 bits per heavy atom. The molecule has 2 N–H and O–H groups in total. The molecular weight excluding hydrogens is 471 g/mol. The van der Waals surface area contributed by atoms with Crippen LogP contribution in [0.3, 0.4) is 0 Å². The third kappa shape index (κ3) is 5.80. The molecule has 0 fully saturated rings. The molecule has 0 radical (unpaired) electrons. The lowest BCUT2D eigenvalue weighted by molar-refractivity contribution is -0.137. The van der Waals surface area contributed by atoms with Gasteiger partial charge in [-0.05, 0) is 48.0 Å². The normalized spacial score (nSPS) is 12.1. The van der Waals surface area contributed by atoms with Gasteiger partial charge in [-0.1, -0.05) is 24.3 Å². The molecular formula is C23H20F3N3O4S. The number of benzene rings is 3. The Balaban J connectivity index is 1.95. The van der Waals surface area contributed by atoms with Crippen molar-refractivity contribution >= 4 is 27.9 Å². The van der Waals surface area contributed by atoms with Crippen LogP contribution in [0.5, 0.6) is 0 Å². The van der Waals surface area contributed by atoms with Gasteiger partial charge in [0.25, 0.3) is 16.0 Å². The number of halogens is 3. The Morgan fingerprint density at radius 2 is 1.65 bits per heavy atom. The average Bonchev–Trinajstić information content (AvgIpc) is 2.78. The zero-order chi connectivity index (χ0) is 25.1. The van der Waals surface area contributed by atoms with Crippen LogP contribution in [0.15, 0.2) is 76.7 Å². The van der Waals surface area contributed by atoms with Crippen molar-refractivity contribution in [2.45, 2.75) is 11.1 Å². The number of hydrazone groups is 1. The SMILES string of the molecule is CN(C)c1ccc(C(=O)N/N=C/c2ccccc2-c2cc(C(F)(F)F)ccc2S(=O)(=O)O)cc1. The van der Waals surface area contributed by atoms with Gasteiger partial charge in [-0.2, -0.15) is 26.7 Å². The van der Waals surface area contributed by atoms with Crippen LogP contribution in [0.2, 0.25) is 0 Å². The largest absolute Gasteiger partial charge is 0.416 e. The minimum absolute atomic E-state index is 0.0644. The maximum atomic E-state index is 13.2. The maximum Gasteiger partial charge on any atom is 0.416 e. The van der Waals surface area contributed by atoms with Crippen molar-refractivity contribution in [1.29, 1.82) is 0 Å². The molecule has 0 aliphatic carbocycles. The second-order valence-corrected chi connectivity index (χ2v) is 8.80. The molecule has 0 unspecified atom stereocenters. The van der Waals surface area contributed by atoms with E-state index in [0.29, 0.717) is 23.8 Å². The van der Waals surface area contributed by atoms with Crippen molar-refractivity contribution in [2.75, 3.05) is 19.0 Å². The fraction of sp³-hybridized carbons (Fsp3) is 0.130. The van der Waals surface area contributed by atoms with E-state index >= 15 is 0 Å². The number of nitrogens with one attached hydrogen (secondary N) is 1. The second-order valence-electron chi connectivity index (χ2n) is 7.41. The van der Waals surface area contributed by atoms with Crippen LogP contribution >= 0.6 is 0 Å². The van der Waals surface area contributed by atoms with Gasteiger partial charge >= 0.3 is 6.18 Å². The number of alkyl halides is 3. The van der Waals surface area contributed by atoms with Crippen molar-refractivity contribution in [3.8, 4) is 11.1 Å². The first kappa shape index (κ1) is 24.9. The van der Waals surface area contributed by atoms with Crippen LogP contribution in [0, 0.1) is 0 Å². The number of hydrogen-bond acceptors (Lipinski definition) is 5. The van der Waals surface area contributed by atoms with E-state index in [0.717, 1.165) is 5.69 Å². The Labute approximate surface area is 194 Å². The highest BCUT2D eigenvalue weighted by molar-refractivity contribution is 7.86. The van der Waals surface area contributed by atoms with E-state index in [2.05, 4.69) is 10.5 Å². The Bertz CT molecular complexity index is 1340. The van der Waals surface area contributed by atoms with Gasteiger partial charge in [0.1, 0.15) is 4.90 Å². The zero-order valence-corrected chi connectivity index (χ0v) is 18.9. The monoisotopic (exact) mass is 491 g/mol. The number of rotatable bonds is 6. The molecule has 0 saturated heterocycles. The summed E-state index contributed by atoms with van der Waals surface area (Å²) in [6.07, 6.45) is -3.55. The second kappa shape index (κ2) is 9.65. The zero-order valence-electron chi connectivity index (χ0n) is 18.0. The first-order valence-corrected chi connectivity index (χ1v) is 11.2. The summed E-state index contributed by atoms with van der Waals surface area (Å²) in [6.45, 7) is 0. The molecule has 0 aromatic heterocycles. The summed E-state index contributed by atoms with van der Waals surface area (Å²) in [5.74, 6) is -0.517. The number of amides is 1. The molecule has 1 amide bonds. The topological polar surface area (TPSA) is 99.1 Å². The van der Waals surface area contributed by atoms with Crippen LogP contribution < -0.4 is 10.3 Å². The van der Waals surface area contributed by atoms with E-state index in [1.165, 1.54) is 24.4 Å². The first-order valence-electron chi connectivity index (χ1n) is 9.77. The Morgan fingerprint density at radius 1 is 1.00 bits per heavy atom. The molecule has 0 bridgehead atoms. The number of hydrogen-bond donors (Lipinski definition) is 2. The molecule has 0 atom stereocenters. The summed E-state index contributed by atoms with van der Waals surface area (Å²) in [6, 6.07) is 14.5. The summed E-state index contributed by atoms with van der Waals surface area (Å²) >= 11 is 0. The molecule has 0 aliphatic heterocycles. The van der Waals surface area contributed by atoms with E-state index in [4.69, 9.17) is 0 Å². The molecule has 7 nitrogen and oxygen atoms in total. The minimum Gasteiger partial charge on any atom is -0.378 e. The highest BCUT2D eigenvalue weighted by Gasteiger charge is 2.32. The molecule has 0 spiro atoms. The van der Waals surface area contributed by atoms with Gasteiger partial charge in [-0.15, -0.1) is 0 Å². The maximum absolute atomic E-state index is 13.2. The molecule has 34 heavy (non-hydrogen) atoms. The predicted octanol–water partition coefficient (Wildman–Crippen LogP) is 4.45.